The molecule has 3 aliphatic carbocycles. The number of ketones is 1. The third-order valence-electron chi connectivity index (χ3n) is 9.81. The number of carbonyl (C=O) groups is 3. The second-order valence-corrected chi connectivity index (χ2v) is 12.4. The summed E-state index contributed by atoms with van der Waals surface area (Å²) in [6.07, 6.45) is 7.41. The van der Waals surface area contributed by atoms with Crippen molar-refractivity contribution in [3.63, 3.8) is 0 Å². The number of nitrogens with zero attached hydrogens (tertiary/aromatic N) is 1. The first kappa shape index (κ1) is 26.5. The number of hydrogen-bond acceptors (Lipinski definition) is 7. The van der Waals surface area contributed by atoms with E-state index < -0.39 is 23.0 Å². The number of amides is 1. The summed E-state index contributed by atoms with van der Waals surface area (Å²) in [7, 11) is 1.31. The fourth-order valence-electron chi connectivity index (χ4n) is 7.87. The normalized spacial score (nSPS) is 29.6. The summed E-state index contributed by atoms with van der Waals surface area (Å²) in [6.45, 7) is 1.58. The number of piperidine rings is 1. The number of esters is 1. The van der Waals surface area contributed by atoms with E-state index in [0.29, 0.717) is 41.7 Å². The number of Topliss-reactive ketones (excluding diaryl/α,β-unsaturated/α-hetero) is 1. The number of hydrogen-bond donors (Lipinski definition) is 1. The van der Waals surface area contributed by atoms with Crippen LogP contribution in [0.4, 0.5) is 0 Å². The molecule has 0 radical (unpaired) electrons. The number of benzene rings is 2. The first-order valence-corrected chi connectivity index (χ1v) is 14.8. The van der Waals surface area contributed by atoms with E-state index in [1.807, 2.05) is 24.3 Å². The molecule has 0 aromatic heterocycles. The van der Waals surface area contributed by atoms with E-state index in [4.69, 9.17) is 25.8 Å². The molecule has 1 saturated heterocycles. The zero-order valence-electron chi connectivity index (χ0n) is 23.0. The van der Waals surface area contributed by atoms with Gasteiger partial charge in [-0.3, -0.25) is 14.5 Å². The molecule has 2 heterocycles. The smallest absolute Gasteiger partial charge is 0.343 e. The van der Waals surface area contributed by atoms with Crippen LogP contribution in [0.5, 0.6) is 11.5 Å². The van der Waals surface area contributed by atoms with Crippen LogP contribution in [0.25, 0.3) is 6.08 Å². The minimum atomic E-state index is -0.723. The largest absolute Gasteiger partial charge is 0.478 e. The SMILES string of the molecule is COC(=O)COc1ccc2c3c1O[C@H]1C(=O)CC[C@@]4(NC(=O)/C=C/c5ccc(Cl)cc5)C(C2)N(CC2CC2)CC[C@]314. The summed E-state index contributed by atoms with van der Waals surface area (Å²) in [4.78, 5) is 41.7. The molecular weight excluding hydrogens is 544 g/mol. The molecule has 3 fully saturated rings. The fraction of sp³-hybridized carbons (Fsp3) is 0.469. The zero-order valence-corrected chi connectivity index (χ0v) is 23.7. The van der Waals surface area contributed by atoms with Crippen molar-refractivity contribution >= 4 is 35.3 Å². The topological polar surface area (TPSA) is 94.2 Å². The van der Waals surface area contributed by atoms with Gasteiger partial charge in [0.15, 0.2) is 30.0 Å². The standard InChI is InChI=1S/C32H33ClN2O6/c1-39-27(38)18-40-24-10-7-21-16-25-32(34-26(37)11-6-19-4-8-22(33)9-5-19)13-12-23(36)30-31(32,28(21)29(24)41-30)14-15-35(25)17-20-2-3-20/h4-11,20,25,30H,2-3,12-18H2,1H3,(H,34,37)/b11-6+/t25?,30-,31-,32+/m0/s1. The van der Waals surface area contributed by atoms with Crippen LogP contribution < -0.4 is 14.8 Å². The molecule has 1 N–H and O–H groups in total. The van der Waals surface area contributed by atoms with Crippen LogP contribution in [-0.2, 0) is 31.0 Å². The summed E-state index contributed by atoms with van der Waals surface area (Å²) in [5.41, 5.74) is 1.54. The third-order valence-corrected chi connectivity index (χ3v) is 10.1. The van der Waals surface area contributed by atoms with Gasteiger partial charge in [-0.1, -0.05) is 29.8 Å². The van der Waals surface area contributed by atoms with E-state index in [9.17, 15) is 14.4 Å². The van der Waals surface area contributed by atoms with Crippen LogP contribution >= 0.6 is 11.6 Å². The molecule has 8 nitrogen and oxygen atoms in total. The van der Waals surface area contributed by atoms with Crippen molar-refractivity contribution in [3.8, 4) is 11.5 Å². The second kappa shape index (κ2) is 9.88. The maximum Gasteiger partial charge on any atom is 0.343 e. The van der Waals surface area contributed by atoms with E-state index in [0.717, 1.165) is 36.2 Å². The number of likely N-dealkylation sites (tertiary alicyclic amines) is 1. The van der Waals surface area contributed by atoms with Gasteiger partial charge in [-0.05, 0) is 80.0 Å². The van der Waals surface area contributed by atoms with E-state index in [1.54, 1.807) is 24.3 Å². The van der Waals surface area contributed by atoms with Crippen LogP contribution in [-0.4, -0.2) is 67.1 Å². The minimum absolute atomic E-state index is 0.0317. The first-order chi connectivity index (χ1) is 19.8. The quantitative estimate of drug-likeness (QED) is 0.377. The Hall–Kier alpha value is -3.36. The van der Waals surface area contributed by atoms with E-state index in [2.05, 4.69) is 10.2 Å². The van der Waals surface area contributed by atoms with E-state index >= 15 is 0 Å². The summed E-state index contributed by atoms with van der Waals surface area (Å²) in [6, 6.07) is 11.2. The summed E-state index contributed by atoms with van der Waals surface area (Å²) in [5, 5.41) is 4.13. The van der Waals surface area contributed by atoms with Crippen molar-refractivity contribution < 1.29 is 28.6 Å². The Kier molecular flexibility index (Phi) is 6.39. The highest BCUT2D eigenvalue weighted by atomic mass is 35.5. The Balaban J connectivity index is 1.31. The molecule has 2 aromatic rings. The lowest BCUT2D eigenvalue weighted by Gasteiger charge is -2.65. The molecule has 2 aliphatic heterocycles. The van der Waals surface area contributed by atoms with Crippen molar-refractivity contribution in [2.75, 3.05) is 26.8 Å². The fourth-order valence-corrected chi connectivity index (χ4v) is 7.99. The predicted molar refractivity (Wildman–Crippen MR) is 152 cm³/mol. The van der Waals surface area contributed by atoms with Crippen LogP contribution in [0.2, 0.25) is 5.02 Å². The van der Waals surface area contributed by atoms with Gasteiger partial charge in [-0.25, -0.2) is 4.79 Å². The Labute approximate surface area is 244 Å². The molecule has 2 aromatic carbocycles. The molecule has 2 bridgehead atoms. The van der Waals surface area contributed by atoms with E-state index in [1.165, 1.54) is 20.0 Å². The van der Waals surface area contributed by atoms with Crippen molar-refractivity contribution in [1.82, 2.24) is 10.2 Å². The molecule has 1 amide bonds. The van der Waals surface area contributed by atoms with Gasteiger partial charge in [0.05, 0.1) is 18.1 Å². The molecular formula is C32H33ClN2O6. The van der Waals surface area contributed by atoms with Crippen molar-refractivity contribution in [2.24, 2.45) is 5.92 Å². The molecule has 1 unspecified atom stereocenters. The van der Waals surface area contributed by atoms with Gasteiger partial charge >= 0.3 is 5.97 Å². The van der Waals surface area contributed by atoms with Gasteiger partial charge in [0.1, 0.15) is 0 Å². The monoisotopic (exact) mass is 576 g/mol. The van der Waals surface area contributed by atoms with Gasteiger partial charge in [0, 0.05) is 35.7 Å². The molecule has 214 valence electrons. The molecule has 41 heavy (non-hydrogen) atoms. The van der Waals surface area contributed by atoms with E-state index in [-0.39, 0.29) is 24.3 Å². The lowest BCUT2D eigenvalue weighted by molar-refractivity contribution is -0.148. The van der Waals surface area contributed by atoms with Crippen LogP contribution in [0, 0.1) is 5.92 Å². The maximum atomic E-state index is 13.7. The Bertz CT molecular complexity index is 1450. The molecule has 7 rings (SSSR count). The molecule has 4 atom stereocenters. The lowest BCUT2D eigenvalue weighted by atomic mass is 9.47. The van der Waals surface area contributed by atoms with Crippen LogP contribution in [0.1, 0.15) is 48.8 Å². The number of halogens is 1. The molecule has 2 saturated carbocycles. The van der Waals surface area contributed by atoms with Gasteiger partial charge in [0.25, 0.3) is 0 Å². The highest BCUT2D eigenvalue weighted by molar-refractivity contribution is 6.30. The first-order valence-electron chi connectivity index (χ1n) is 14.4. The Morgan fingerprint density at radius 3 is 2.73 bits per heavy atom. The molecule has 9 heteroatoms. The third kappa shape index (κ3) is 4.17. The molecule has 1 spiro atoms. The highest BCUT2D eigenvalue weighted by Gasteiger charge is 2.74. The molecule has 5 aliphatic rings. The Morgan fingerprint density at radius 1 is 1.17 bits per heavy atom. The van der Waals surface area contributed by atoms with Gasteiger partial charge in [-0.15, -0.1) is 0 Å². The average Bonchev–Trinajstić information content (AvgIpc) is 3.72. The summed E-state index contributed by atoms with van der Waals surface area (Å²) < 4.78 is 17.2. The van der Waals surface area contributed by atoms with Crippen molar-refractivity contribution in [1.29, 1.82) is 0 Å². The number of nitrogens with one attached hydrogen (secondary N) is 1. The lowest BCUT2D eigenvalue weighted by Crippen LogP contribution is -2.81. The minimum Gasteiger partial charge on any atom is -0.478 e. The van der Waals surface area contributed by atoms with Gasteiger partial charge in [-0.2, -0.15) is 0 Å². The number of ether oxygens (including phenoxy) is 3. The average molecular weight is 577 g/mol. The zero-order chi connectivity index (χ0) is 28.4. The number of methoxy groups -OCH3 is 1. The predicted octanol–water partition coefficient (Wildman–Crippen LogP) is 3.86. The maximum absolute atomic E-state index is 13.7. The van der Waals surface area contributed by atoms with Crippen molar-refractivity contribution in [3.05, 3.63) is 64.2 Å². The Morgan fingerprint density at radius 2 is 1.98 bits per heavy atom. The summed E-state index contributed by atoms with van der Waals surface area (Å²) >= 11 is 6.03. The number of carbonyl (C=O) groups excluding carboxylic acids is 3. The van der Waals surface area contributed by atoms with Crippen LogP contribution in [0.3, 0.4) is 0 Å². The number of rotatable bonds is 8. The van der Waals surface area contributed by atoms with Crippen molar-refractivity contribution in [2.45, 2.75) is 61.6 Å². The second-order valence-electron chi connectivity index (χ2n) is 12.0. The van der Waals surface area contributed by atoms with Crippen LogP contribution in [0.15, 0.2) is 42.5 Å². The highest BCUT2D eigenvalue weighted by Crippen LogP contribution is 2.65. The summed E-state index contributed by atoms with van der Waals surface area (Å²) in [5.74, 6) is 0.990. The van der Waals surface area contributed by atoms with Gasteiger partial charge in [0.2, 0.25) is 5.91 Å². The van der Waals surface area contributed by atoms with Gasteiger partial charge < -0.3 is 19.5 Å².